The first kappa shape index (κ1) is 13.4. The van der Waals surface area contributed by atoms with Crippen LogP contribution in [0.25, 0.3) is 0 Å². The van der Waals surface area contributed by atoms with Gasteiger partial charge in [-0.15, -0.1) is 0 Å². The summed E-state index contributed by atoms with van der Waals surface area (Å²) < 4.78 is 12.3. The van der Waals surface area contributed by atoms with Gasteiger partial charge in [0.15, 0.2) is 5.79 Å². The average molecular weight is 240 g/mol. The van der Waals surface area contributed by atoms with Gasteiger partial charge in [-0.05, 0) is 33.1 Å². The van der Waals surface area contributed by atoms with Gasteiger partial charge in [0.1, 0.15) is 0 Å². The topological polar surface area (TPSA) is 18.5 Å². The summed E-state index contributed by atoms with van der Waals surface area (Å²) >= 11 is 0. The molecular formula is C15H28O2. The summed E-state index contributed by atoms with van der Waals surface area (Å²) in [5, 5.41) is 0. The van der Waals surface area contributed by atoms with Crippen molar-refractivity contribution in [1.29, 1.82) is 0 Å². The van der Waals surface area contributed by atoms with Crippen molar-refractivity contribution >= 4 is 0 Å². The quantitative estimate of drug-likeness (QED) is 0.683. The molecule has 0 spiro atoms. The maximum atomic E-state index is 6.17. The molecule has 100 valence electrons. The summed E-state index contributed by atoms with van der Waals surface area (Å²) in [5.41, 5.74) is 0. The van der Waals surface area contributed by atoms with Crippen molar-refractivity contribution in [2.45, 2.75) is 90.1 Å². The van der Waals surface area contributed by atoms with Crippen LogP contribution in [-0.4, -0.2) is 18.0 Å². The first-order valence-electron chi connectivity index (χ1n) is 7.48. The van der Waals surface area contributed by atoms with Gasteiger partial charge in [-0.1, -0.05) is 39.0 Å². The second-order valence-electron chi connectivity index (χ2n) is 6.16. The van der Waals surface area contributed by atoms with E-state index in [0.29, 0.717) is 18.1 Å². The van der Waals surface area contributed by atoms with Gasteiger partial charge >= 0.3 is 0 Å². The van der Waals surface area contributed by atoms with E-state index in [9.17, 15) is 0 Å². The fraction of sp³-hybridized carbons (Fsp3) is 1.00. The van der Waals surface area contributed by atoms with Crippen LogP contribution in [-0.2, 0) is 9.47 Å². The molecule has 0 radical (unpaired) electrons. The van der Waals surface area contributed by atoms with Crippen molar-refractivity contribution in [3.63, 3.8) is 0 Å². The fourth-order valence-electron chi connectivity index (χ4n) is 3.41. The van der Waals surface area contributed by atoms with Gasteiger partial charge in [-0.3, -0.25) is 0 Å². The highest BCUT2D eigenvalue weighted by Crippen LogP contribution is 2.40. The third-order valence-corrected chi connectivity index (χ3v) is 4.19. The molecule has 2 heteroatoms. The average Bonchev–Trinajstić information content (AvgIpc) is 2.28. The van der Waals surface area contributed by atoms with E-state index in [-0.39, 0.29) is 5.79 Å². The Balaban J connectivity index is 1.95. The highest BCUT2D eigenvalue weighted by Gasteiger charge is 2.43. The molecule has 3 unspecified atom stereocenters. The lowest BCUT2D eigenvalue weighted by Crippen LogP contribution is -2.52. The summed E-state index contributed by atoms with van der Waals surface area (Å²) in [4.78, 5) is 0. The third kappa shape index (κ3) is 3.45. The van der Waals surface area contributed by atoms with Crippen LogP contribution in [0.3, 0.4) is 0 Å². The Hall–Kier alpha value is -0.0800. The molecule has 1 saturated heterocycles. The monoisotopic (exact) mass is 240 g/mol. The molecule has 0 aromatic heterocycles. The second kappa shape index (κ2) is 5.71. The zero-order chi connectivity index (χ0) is 12.3. The number of fused-ring (bicyclic) bond motifs is 1. The summed E-state index contributed by atoms with van der Waals surface area (Å²) in [6, 6.07) is 0. The summed E-state index contributed by atoms with van der Waals surface area (Å²) in [5.74, 6) is 0.295. The first-order valence-corrected chi connectivity index (χ1v) is 7.48. The second-order valence-corrected chi connectivity index (χ2v) is 6.16. The van der Waals surface area contributed by atoms with Crippen molar-refractivity contribution in [2.24, 2.45) is 5.92 Å². The lowest BCUT2D eigenvalue weighted by molar-refractivity contribution is -0.327. The van der Waals surface area contributed by atoms with E-state index in [1.807, 2.05) is 0 Å². The molecule has 1 aliphatic carbocycles. The van der Waals surface area contributed by atoms with Crippen LogP contribution in [0, 0.1) is 5.92 Å². The van der Waals surface area contributed by atoms with Crippen LogP contribution >= 0.6 is 0 Å². The van der Waals surface area contributed by atoms with Gasteiger partial charge in [0.25, 0.3) is 0 Å². The first-order chi connectivity index (χ1) is 8.12. The molecule has 0 N–H and O–H groups in total. The molecule has 2 nitrogen and oxygen atoms in total. The standard InChI is InChI=1S/C15H28O2/c1-4-5-6-10-13-12-9-7-8-11-14(12)17-15(2,3)16-13/h12-14H,4-11H2,1-3H3. The maximum Gasteiger partial charge on any atom is 0.163 e. The van der Waals surface area contributed by atoms with Crippen LogP contribution in [0.4, 0.5) is 0 Å². The van der Waals surface area contributed by atoms with Crippen molar-refractivity contribution in [3.05, 3.63) is 0 Å². The fourth-order valence-corrected chi connectivity index (χ4v) is 3.41. The van der Waals surface area contributed by atoms with Gasteiger partial charge in [-0.25, -0.2) is 0 Å². The van der Waals surface area contributed by atoms with Crippen LogP contribution in [0.1, 0.15) is 72.1 Å². The summed E-state index contributed by atoms with van der Waals surface area (Å²) in [6.07, 6.45) is 11.3. The van der Waals surface area contributed by atoms with Gasteiger partial charge in [-0.2, -0.15) is 0 Å². The minimum absolute atomic E-state index is 0.366. The van der Waals surface area contributed by atoms with E-state index in [1.165, 1.54) is 51.4 Å². The molecule has 2 aliphatic rings. The van der Waals surface area contributed by atoms with E-state index in [2.05, 4.69) is 20.8 Å². The Morgan fingerprint density at radius 2 is 1.82 bits per heavy atom. The molecule has 0 amide bonds. The van der Waals surface area contributed by atoms with Crippen LogP contribution < -0.4 is 0 Å². The minimum atomic E-state index is -0.366. The Morgan fingerprint density at radius 3 is 2.59 bits per heavy atom. The van der Waals surface area contributed by atoms with Crippen molar-refractivity contribution in [3.8, 4) is 0 Å². The maximum absolute atomic E-state index is 6.17. The van der Waals surface area contributed by atoms with Crippen LogP contribution in [0.15, 0.2) is 0 Å². The number of rotatable bonds is 4. The number of unbranched alkanes of at least 4 members (excludes halogenated alkanes) is 2. The molecule has 0 aromatic rings. The molecule has 1 aliphatic heterocycles. The van der Waals surface area contributed by atoms with Crippen LogP contribution in [0.2, 0.25) is 0 Å². The molecule has 0 aromatic carbocycles. The third-order valence-electron chi connectivity index (χ3n) is 4.19. The van der Waals surface area contributed by atoms with E-state index in [1.54, 1.807) is 0 Å². The highest BCUT2D eigenvalue weighted by atomic mass is 16.7. The summed E-state index contributed by atoms with van der Waals surface area (Å²) in [6.45, 7) is 6.41. The number of ether oxygens (including phenoxy) is 2. The minimum Gasteiger partial charge on any atom is -0.347 e. The number of hydrogen-bond donors (Lipinski definition) is 0. The largest absolute Gasteiger partial charge is 0.347 e. The van der Waals surface area contributed by atoms with Gasteiger partial charge < -0.3 is 9.47 Å². The predicted octanol–water partition coefficient (Wildman–Crippen LogP) is 4.28. The van der Waals surface area contributed by atoms with Crippen molar-refractivity contribution < 1.29 is 9.47 Å². The van der Waals surface area contributed by atoms with E-state index >= 15 is 0 Å². The zero-order valence-electron chi connectivity index (χ0n) is 11.7. The zero-order valence-corrected chi connectivity index (χ0v) is 11.7. The van der Waals surface area contributed by atoms with Crippen molar-refractivity contribution in [1.82, 2.24) is 0 Å². The Morgan fingerprint density at radius 1 is 1.06 bits per heavy atom. The molecule has 17 heavy (non-hydrogen) atoms. The molecule has 1 saturated carbocycles. The van der Waals surface area contributed by atoms with E-state index in [4.69, 9.17) is 9.47 Å². The molecule has 2 rings (SSSR count). The molecule has 2 fully saturated rings. The van der Waals surface area contributed by atoms with E-state index in [0.717, 1.165) is 0 Å². The predicted molar refractivity (Wildman–Crippen MR) is 69.9 cm³/mol. The van der Waals surface area contributed by atoms with Crippen molar-refractivity contribution in [2.75, 3.05) is 0 Å². The Labute approximate surface area is 106 Å². The lowest BCUT2D eigenvalue weighted by Gasteiger charge is -2.48. The van der Waals surface area contributed by atoms with E-state index < -0.39 is 0 Å². The molecule has 1 heterocycles. The van der Waals surface area contributed by atoms with Gasteiger partial charge in [0.2, 0.25) is 0 Å². The Kier molecular flexibility index (Phi) is 4.48. The summed E-state index contributed by atoms with van der Waals surface area (Å²) in [7, 11) is 0. The van der Waals surface area contributed by atoms with Crippen LogP contribution in [0.5, 0.6) is 0 Å². The van der Waals surface area contributed by atoms with Gasteiger partial charge in [0, 0.05) is 5.92 Å². The molecule has 0 bridgehead atoms. The highest BCUT2D eigenvalue weighted by molar-refractivity contribution is 4.87. The number of hydrogen-bond acceptors (Lipinski definition) is 2. The molecule has 3 atom stereocenters. The van der Waals surface area contributed by atoms with Gasteiger partial charge in [0.05, 0.1) is 12.2 Å². The molecular weight excluding hydrogens is 212 g/mol. The lowest BCUT2D eigenvalue weighted by atomic mass is 9.80. The normalized spacial score (nSPS) is 36.5. The smallest absolute Gasteiger partial charge is 0.163 e. The Bertz CT molecular complexity index is 237. The SMILES string of the molecule is CCCCCC1OC(C)(C)OC2CCCCC12.